The standard InChI is InChI=1S/C12H9N3O/c13-5-7-4-9-12(14-6-7)11-8(15-9)2-1-3-10(11)16/h1-4,7,15-16H,6H2. The van der Waals surface area contributed by atoms with E-state index in [1.54, 1.807) is 12.1 Å². The Bertz CT molecular complexity index is 721. The molecule has 1 aliphatic rings. The van der Waals surface area contributed by atoms with Crippen molar-refractivity contribution in [3.05, 3.63) is 28.9 Å². The third-order valence-electron chi connectivity index (χ3n) is 2.78. The number of nitrogens with zero attached hydrogens (tertiary/aromatic N) is 2. The fraction of sp³-hybridized carbons (Fsp3) is 0.167. The van der Waals surface area contributed by atoms with Crippen LogP contribution in [-0.2, 0) is 0 Å². The van der Waals surface area contributed by atoms with Crippen molar-refractivity contribution in [3.8, 4) is 11.8 Å². The van der Waals surface area contributed by atoms with Crippen LogP contribution in [0.1, 0.15) is 0 Å². The van der Waals surface area contributed by atoms with Crippen LogP contribution in [0.2, 0.25) is 0 Å². The molecule has 2 aromatic rings. The summed E-state index contributed by atoms with van der Waals surface area (Å²) in [5, 5.41) is 21.0. The van der Waals surface area contributed by atoms with Crippen molar-refractivity contribution >= 4 is 17.0 Å². The Morgan fingerprint density at radius 1 is 1.50 bits per heavy atom. The molecule has 0 spiro atoms. The molecule has 78 valence electrons. The molecule has 0 radical (unpaired) electrons. The van der Waals surface area contributed by atoms with Crippen LogP contribution in [0, 0.1) is 17.2 Å². The Balaban J connectivity index is 2.47. The van der Waals surface area contributed by atoms with E-state index in [2.05, 4.69) is 16.0 Å². The first kappa shape index (κ1) is 8.98. The van der Waals surface area contributed by atoms with Crippen LogP contribution >= 0.6 is 0 Å². The van der Waals surface area contributed by atoms with Crippen molar-refractivity contribution in [1.82, 2.24) is 4.98 Å². The number of benzene rings is 1. The van der Waals surface area contributed by atoms with Gasteiger partial charge in [-0.15, -0.1) is 0 Å². The zero-order valence-electron chi connectivity index (χ0n) is 8.44. The zero-order chi connectivity index (χ0) is 11.1. The summed E-state index contributed by atoms with van der Waals surface area (Å²) < 4.78 is 0. The fourth-order valence-corrected chi connectivity index (χ4v) is 2.04. The number of phenols is 1. The van der Waals surface area contributed by atoms with Crippen molar-refractivity contribution in [3.63, 3.8) is 0 Å². The second-order valence-electron chi connectivity index (χ2n) is 3.83. The molecule has 1 aliphatic heterocycles. The van der Waals surface area contributed by atoms with E-state index >= 15 is 0 Å². The molecule has 0 saturated heterocycles. The molecule has 0 bridgehead atoms. The van der Waals surface area contributed by atoms with Gasteiger partial charge in [-0.2, -0.15) is 5.26 Å². The lowest BCUT2D eigenvalue weighted by atomic mass is 10.1. The van der Waals surface area contributed by atoms with Gasteiger partial charge in [-0.05, 0) is 18.2 Å². The van der Waals surface area contributed by atoms with Crippen molar-refractivity contribution in [2.75, 3.05) is 6.54 Å². The number of nitrogens with one attached hydrogen (secondary N) is 1. The SMILES string of the molecule is N#CC1C=c2[nH]c3cccc(O)c3c2=NC1. The Morgan fingerprint density at radius 3 is 3.19 bits per heavy atom. The zero-order valence-corrected chi connectivity index (χ0v) is 8.44. The number of hydrogen-bond acceptors (Lipinski definition) is 3. The minimum Gasteiger partial charge on any atom is -0.507 e. The molecule has 1 aromatic carbocycles. The topological polar surface area (TPSA) is 72.2 Å². The van der Waals surface area contributed by atoms with Gasteiger partial charge in [0.2, 0.25) is 0 Å². The van der Waals surface area contributed by atoms with E-state index in [0.29, 0.717) is 6.54 Å². The molecule has 3 rings (SSSR count). The number of aromatic hydroxyl groups is 1. The van der Waals surface area contributed by atoms with Gasteiger partial charge >= 0.3 is 0 Å². The monoisotopic (exact) mass is 211 g/mol. The van der Waals surface area contributed by atoms with Crippen LogP contribution in [0.3, 0.4) is 0 Å². The highest BCUT2D eigenvalue weighted by molar-refractivity contribution is 5.85. The molecule has 1 aromatic heterocycles. The number of phenolic OH excluding ortho intramolecular Hbond substituents is 1. The van der Waals surface area contributed by atoms with Gasteiger partial charge in [0, 0.05) is 0 Å². The lowest BCUT2D eigenvalue weighted by Crippen LogP contribution is -2.29. The van der Waals surface area contributed by atoms with Gasteiger partial charge in [-0.25, -0.2) is 0 Å². The molecule has 0 saturated carbocycles. The van der Waals surface area contributed by atoms with Crippen LogP contribution in [-0.4, -0.2) is 16.6 Å². The van der Waals surface area contributed by atoms with E-state index in [-0.39, 0.29) is 11.7 Å². The quantitative estimate of drug-likeness (QED) is 0.663. The maximum absolute atomic E-state index is 9.78. The second-order valence-corrected chi connectivity index (χ2v) is 3.83. The van der Waals surface area contributed by atoms with Crippen molar-refractivity contribution in [2.24, 2.45) is 10.9 Å². The molecule has 1 atom stereocenters. The Labute approximate surface area is 91.2 Å². The molecule has 4 heteroatoms. The fourth-order valence-electron chi connectivity index (χ4n) is 2.04. The normalized spacial score (nSPS) is 18.3. The average molecular weight is 211 g/mol. The average Bonchev–Trinajstić information content (AvgIpc) is 2.67. The first-order valence-electron chi connectivity index (χ1n) is 5.05. The summed E-state index contributed by atoms with van der Waals surface area (Å²) in [5.41, 5.74) is 0.851. The minimum atomic E-state index is -0.178. The maximum Gasteiger partial charge on any atom is 0.127 e. The summed E-state index contributed by atoms with van der Waals surface area (Å²) in [6.45, 7) is 0.463. The van der Waals surface area contributed by atoms with E-state index < -0.39 is 0 Å². The molecule has 4 nitrogen and oxygen atoms in total. The van der Waals surface area contributed by atoms with Crippen LogP contribution in [0.25, 0.3) is 17.0 Å². The van der Waals surface area contributed by atoms with Crippen LogP contribution in [0.5, 0.6) is 5.75 Å². The third-order valence-corrected chi connectivity index (χ3v) is 2.78. The van der Waals surface area contributed by atoms with E-state index in [9.17, 15) is 5.11 Å². The predicted octanol–water partition coefficient (Wildman–Crippen LogP) is 0.427. The highest BCUT2D eigenvalue weighted by atomic mass is 16.3. The third kappa shape index (κ3) is 1.12. The second kappa shape index (κ2) is 3.11. The number of aromatic nitrogens is 1. The molecule has 1 unspecified atom stereocenters. The number of hydrogen-bond donors (Lipinski definition) is 2. The summed E-state index contributed by atoms with van der Waals surface area (Å²) in [5.74, 6) is 0.0465. The van der Waals surface area contributed by atoms with E-state index in [4.69, 9.17) is 5.26 Å². The number of nitriles is 1. The molecule has 0 amide bonds. The summed E-state index contributed by atoms with van der Waals surface area (Å²) in [7, 11) is 0. The van der Waals surface area contributed by atoms with Gasteiger partial charge in [0.1, 0.15) is 5.75 Å². The van der Waals surface area contributed by atoms with E-state index in [1.165, 1.54) is 0 Å². The summed E-state index contributed by atoms with van der Waals surface area (Å²) >= 11 is 0. The van der Waals surface area contributed by atoms with Gasteiger partial charge in [0.15, 0.2) is 0 Å². The maximum atomic E-state index is 9.78. The molecule has 16 heavy (non-hydrogen) atoms. The van der Waals surface area contributed by atoms with Crippen molar-refractivity contribution in [2.45, 2.75) is 0 Å². The Morgan fingerprint density at radius 2 is 2.38 bits per heavy atom. The lowest BCUT2D eigenvalue weighted by molar-refractivity contribution is 0.481. The molecule has 0 fully saturated rings. The molecule has 2 heterocycles. The first-order chi connectivity index (χ1) is 7.79. The van der Waals surface area contributed by atoms with Crippen molar-refractivity contribution in [1.29, 1.82) is 5.26 Å². The summed E-state index contributed by atoms with van der Waals surface area (Å²) in [6, 6.07) is 7.48. The van der Waals surface area contributed by atoms with Gasteiger partial charge < -0.3 is 10.1 Å². The Hall–Kier alpha value is -2.28. The number of fused-ring (bicyclic) bond motifs is 3. The number of rotatable bonds is 0. The molecule has 0 aliphatic carbocycles. The van der Waals surface area contributed by atoms with Gasteiger partial charge in [0.25, 0.3) is 0 Å². The number of H-pyrrole nitrogens is 1. The predicted molar refractivity (Wildman–Crippen MR) is 59.2 cm³/mol. The highest BCUT2D eigenvalue weighted by Gasteiger charge is 2.12. The van der Waals surface area contributed by atoms with Gasteiger partial charge in [-0.1, -0.05) is 6.07 Å². The van der Waals surface area contributed by atoms with Crippen molar-refractivity contribution < 1.29 is 5.11 Å². The molecular weight excluding hydrogens is 202 g/mol. The smallest absolute Gasteiger partial charge is 0.127 e. The van der Waals surface area contributed by atoms with Crippen LogP contribution < -0.4 is 10.7 Å². The van der Waals surface area contributed by atoms with Gasteiger partial charge in [-0.3, -0.25) is 4.99 Å². The summed E-state index contributed by atoms with van der Waals surface area (Å²) in [6.07, 6.45) is 1.86. The summed E-state index contributed by atoms with van der Waals surface area (Å²) in [4.78, 5) is 7.51. The Kier molecular flexibility index (Phi) is 1.74. The van der Waals surface area contributed by atoms with Crippen LogP contribution in [0.4, 0.5) is 0 Å². The van der Waals surface area contributed by atoms with Gasteiger partial charge in [0.05, 0.1) is 40.1 Å². The minimum absolute atomic E-state index is 0.178. The van der Waals surface area contributed by atoms with E-state index in [1.807, 2.05) is 12.1 Å². The largest absolute Gasteiger partial charge is 0.507 e. The number of aromatic amines is 1. The first-order valence-corrected chi connectivity index (χ1v) is 5.05. The molecular formula is C12H9N3O. The molecule has 2 N–H and O–H groups in total. The van der Waals surface area contributed by atoms with E-state index in [0.717, 1.165) is 21.6 Å². The van der Waals surface area contributed by atoms with Crippen LogP contribution in [0.15, 0.2) is 23.2 Å². The lowest BCUT2D eigenvalue weighted by Gasteiger charge is -2.01. The highest BCUT2D eigenvalue weighted by Crippen LogP contribution is 2.18.